The molecule has 0 amide bonds. The van der Waals surface area contributed by atoms with Crippen molar-refractivity contribution >= 4 is 16.5 Å². The van der Waals surface area contributed by atoms with Crippen molar-refractivity contribution in [2.75, 3.05) is 78.2 Å². The number of rotatable bonds is 9. The van der Waals surface area contributed by atoms with Gasteiger partial charge in [-0.3, -0.25) is 9.80 Å². The van der Waals surface area contributed by atoms with Gasteiger partial charge in [0.15, 0.2) is 0 Å². The Kier molecular flexibility index (Phi) is 8.55. The minimum atomic E-state index is 0.451. The third kappa shape index (κ3) is 6.46. The van der Waals surface area contributed by atoms with E-state index in [1.807, 2.05) is 0 Å². The molecule has 3 aromatic carbocycles. The van der Waals surface area contributed by atoms with E-state index in [0.717, 1.165) is 38.4 Å². The van der Waals surface area contributed by atoms with Gasteiger partial charge in [0.1, 0.15) is 0 Å². The first-order chi connectivity index (χ1) is 17.7. The molecule has 5 nitrogen and oxygen atoms in total. The summed E-state index contributed by atoms with van der Waals surface area (Å²) in [6.45, 7) is 11.6. The summed E-state index contributed by atoms with van der Waals surface area (Å²) >= 11 is 0. The number of aryl methyl sites for hydroxylation is 1. The molecule has 36 heavy (non-hydrogen) atoms. The Hall–Kier alpha value is -2.44. The summed E-state index contributed by atoms with van der Waals surface area (Å²) in [6.07, 6.45) is 3.71. The number of benzene rings is 3. The first-order valence-corrected chi connectivity index (χ1v) is 13.8. The van der Waals surface area contributed by atoms with E-state index in [1.165, 1.54) is 73.9 Å². The molecule has 192 valence electrons. The van der Waals surface area contributed by atoms with E-state index < -0.39 is 0 Å². The van der Waals surface area contributed by atoms with Gasteiger partial charge in [-0.2, -0.15) is 0 Å². The van der Waals surface area contributed by atoms with Crippen molar-refractivity contribution < 1.29 is 0 Å². The van der Waals surface area contributed by atoms with E-state index in [2.05, 4.69) is 93.4 Å². The summed E-state index contributed by atoms with van der Waals surface area (Å²) in [5.41, 5.74) is 9.75. The van der Waals surface area contributed by atoms with Crippen LogP contribution in [0.1, 0.15) is 30.0 Å². The molecule has 0 aliphatic carbocycles. The lowest BCUT2D eigenvalue weighted by Gasteiger charge is -2.42. The minimum Gasteiger partial charge on any atom is -0.399 e. The molecule has 0 bridgehead atoms. The highest BCUT2D eigenvalue weighted by atomic mass is 15.3. The van der Waals surface area contributed by atoms with Gasteiger partial charge in [0.2, 0.25) is 0 Å². The van der Waals surface area contributed by atoms with E-state index in [9.17, 15) is 0 Å². The van der Waals surface area contributed by atoms with Crippen LogP contribution in [0.5, 0.6) is 0 Å². The predicted octanol–water partition coefficient (Wildman–Crippen LogP) is 4.35. The molecule has 0 spiro atoms. The SMILES string of the molecule is CN1CCN(C(CN2CCN(CCCCc3cccc4ccccc34)CC2)c2ccc(N)cc2)CC1. The van der Waals surface area contributed by atoms with E-state index in [1.54, 1.807) is 0 Å². The van der Waals surface area contributed by atoms with Gasteiger partial charge < -0.3 is 15.5 Å². The third-order valence-electron chi connectivity index (χ3n) is 8.25. The third-order valence-corrected chi connectivity index (χ3v) is 8.25. The zero-order chi connectivity index (χ0) is 24.7. The Bertz CT molecular complexity index is 1080. The molecule has 2 heterocycles. The first kappa shape index (κ1) is 25.2. The highest BCUT2D eigenvalue weighted by Crippen LogP contribution is 2.25. The summed E-state index contributed by atoms with van der Waals surface area (Å²) < 4.78 is 0. The number of hydrogen-bond donors (Lipinski definition) is 1. The van der Waals surface area contributed by atoms with Crippen molar-refractivity contribution in [1.29, 1.82) is 0 Å². The van der Waals surface area contributed by atoms with E-state index in [-0.39, 0.29) is 0 Å². The van der Waals surface area contributed by atoms with E-state index in [0.29, 0.717) is 6.04 Å². The maximum atomic E-state index is 5.99. The van der Waals surface area contributed by atoms with Gasteiger partial charge in [-0.05, 0) is 66.9 Å². The highest BCUT2D eigenvalue weighted by molar-refractivity contribution is 5.85. The van der Waals surface area contributed by atoms with Crippen LogP contribution in [0.15, 0.2) is 66.7 Å². The Labute approximate surface area is 217 Å². The lowest BCUT2D eigenvalue weighted by Crippen LogP contribution is -2.52. The number of anilines is 1. The molecule has 2 aliphatic rings. The average Bonchev–Trinajstić information content (AvgIpc) is 2.92. The molecule has 2 N–H and O–H groups in total. The molecule has 5 rings (SSSR count). The quantitative estimate of drug-likeness (QED) is 0.360. The Morgan fingerprint density at radius 1 is 0.722 bits per heavy atom. The molecule has 2 aliphatic heterocycles. The molecule has 0 radical (unpaired) electrons. The second-order valence-electron chi connectivity index (χ2n) is 10.8. The molecule has 2 saturated heterocycles. The Balaban J connectivity index is 1.09. The smallest absolute Gasteiger partial charge is 0.0476 e. The zero-order valence-electron chi connectivity index (χ0n) is 22.0. The number of nitrogens with two attached hydrogens (primary N) is 1. The summed E-state index contributed by atoms with van der Waals surface area (Å²) in [7, 11) is 2.23. The maximum Gasteiger partial charge on any atom is 0.0476 e. The Morgan fingerprint density at radius 2 is 1.42 bits per heavy atom. The zero-order valence-corrected chi connectivity index (χ0v) is 22.0. The van der Waals surface area contributed by atoms with Crippen LogP contribution >= 0.6 is 0 Å². The fourth-order valence-electron chi connectivity index (χ4n) is 5.88. The second kappa shape index (κ2) is 12.2. The van der Waals surface area contributed by atoms with Gasteiger partial charge in [0.25, 0.3) is 0 Å². The molecular weight excluding hydrogens is 442 g/mol. The van der Waals surface area contributed by atoms with Crippen molar-refractivity contribution in [2.24, 2.45) is 0 Å². The Morgan fingerprint density at radius 3 is 2.19 bits per heavy atom. The molecule has 1 atom stereocenters. The van der Waals surface area contributed by atoms with Crippen molar-refractivity contribution in [3.63, 3.8) is 0 Å². The van der Waals surface area contributed by atoms with Crippen molar-refractivity contribution in [3.8, 4) is 0 Å². The van der Waals surface area contributed by atoms with Gasteiger partial charge in [-0.25, -0.2) is 0 Å². The van der Waals surface area contributed by atoms with Crippen molar-refractivity contribution in [2.45, 2.75) is 25.3 Å². The van der Waals surface area contributed by atoms with Crippen LogP contribution in [0.2, 0.25) is 0 Å². The highest BCUT2D eigenvalue weighted by Gasteiger charge is 2.27. The van der Waals surface area contributed by atoms with Gasteiger partial charge in [0.05, 0.1) is 0 Å². The summed E-state index contributed by atoms with van der Waals surface area (Å²) in [6, 6.07) is 24.6. The fourth-order valence-corrected chi connectivity index (χ4v) is 5.88. The van der Waals surface area contributed by atoms with Crippen LogP contribution in [0, 0.1) is 0 Å². The second-order valence-corrected chi connectivity index (χ2v) is 10.8. The molecule has 2 fully saturated rings. The van der Waals surface area contributed by atoms with Crippen molar-refractivity contribution in [3.05, 3.63) is 77.9 Å². The number of nitrogens with zero attached hydrogens (tertiary/aromatic N) is 4. The minimum absolute atomic E-state index is 0.451. The number of hydrogen-bond acceptors (Lipinski definition) is 5. The van der Waals surface area contributed by atoms with Crippen LogP contribution in [0.4, 0.5) is 5.69 Å². The normalized spacial score (nSPS) is 19.6. The molecule has 1 unspecified atom stereocenters. The average molecular weight is 486 g/mol. The van der Waals surface area contributed by atoms with Gasteiger partial charge in [-0.15, -0.1) is 0 Å². The van der Waals surface area contributed by atoms with Gasteiger partial charge >= 0.3 is 0 Å². The van der Waals surface area contributed by atoms with Crippen LogP contribution in [-0.4, -0.2) is 92.1 Å². The van der Waals surface area contributed by atoms with E-state index >= 15 is 0 Å². The lowest BCUT2D eigenvalue weighted by atomic mass is 10.00. The van der Waals surface area contributed by atoms with Crippen molar-refractivity contribution in [1.82, 2.24) is 19.6 Å². The standard InChI is InChI=1S/C31H43N5/c1-33-17-23-36(24-18-33)31(28-12-14-29(32)15-13-28)25-35-21-19-34(20-22-35)16-5-4-8-27-10-6-9-26-7-2-3-11-30(26)27/h2-3,6-7,9-15,31H,4-5,8,16-25,32H2,1H3. The number of likely N-dealkylation sites (N-methyl/N-ethyl adjacent to an activating group) is 1. The van der Waals surface area contributed by atoms with Gasteiger partial charge in [0, 0.05) is 70.6 Å². The number of unbranched alkanes of at least 4 members (excludes halogenated alkanes) is 1. The topological polar surface area (TPSA) is 39.0 Å². The first-order valence-electron chi connectivity index (χ1n) is 13.8. The summed E-state index contributed by atoms with van der Waals surface area (Å²) in [5.74, 6) is 0. The predicted molar refractivity (Wildman–Crippen MR) is 152 cm³/mol. The largest absolute Gasteiger partial charge is 0.399 e. The number of piperazine rings is 2. The van der Waals surface area contributed by atoms with Gasteiger partial charge in [-0.1, -0.05) is 54.6 Å². The molecule has 3 aromatic rings. The molecular formula is C31H43N5. The van der Waals surface area contributed by atoms with E-state index in [4.69, 9.17) is 5.73 Å². The van der Waals surface area contributed by atoms with Crippen LogP contribution < -0.4 is 5.73 Å². The van der Waals surface area contributed by atoms with Crippen LogP contribution in [0.25, 0.3) is 10.8 Å². The lowest BCUT2D eigenvalue weighted by molar-refractivity contribution is 0.0636. The molecule has 0 saturated carbocycles. The van der Waals surface area contributed by atoms with Crippen LogP contribution in [0.3, 0.4) is 0 Å². The fraction of sp³-hybridized carbons (Fsp3) is 0.484. The monoisotopic (exact) mass is 485 g/mol. The maximum absolute atomic E-state index is 5.99. The molecule has 5 heteroatoms. The number of nitrogen functional groups attached to an aromatic ring is 1. The number of fused-ring (bicyclic) bond motifs is 1. The summed E-state index contributed by atoms with van der Waals surface area (Å²) in [4.78, 5) is 10.5. The summed E-state index contributed by atoms with van der Waals surface area (Å²) in [5, 5.41) is 2.78. The molecule has 0 aromatic heterocycles. The van der Waals surface area contributed by atoms with Crippen LogP contribution in [-0.2, 0) is 6.42 Å².